The minimum Gasteiger partial charge on any atom is -0.476 e. The van der Waals surface area contributed by atoms with Gasteiger partial charge in [-0.2, -0.15) is 5.10 Å². The van der Waals surface area contributed by atoms with E-state index in [1.54, 1.807) is 0 Å². The third-order valence-corrected chi connectivity index (χ3v) is 3.69. The standard InChI is InChI=1S/C16H27N3O/c1-16(2,3)17-11-14-9-10-15(19-18-14)20-12-13-7-5-4-6-8-13/h9-10,13,17H,4-8,11-12H2,1-3H3. The first-order valence-corrected chi connectivity index (χ1v) is 7.73. The second kappa shape index (κ2) is 7.02. The molecule has 0 aromatic carbocycles. The van der Waals surface area contributed by atoms with Gasteiger partial charge in [0.15, 0.2) is 0 Å². The average molecular weight is 277 g/mol. The molecule has 1 aliphatic carbocycles. The van der Waals surface area contributed by atoms with Gasteiger partial charge in [-0.1, -0.05) is 19.3 Å². The first-order chi connectivity index (χ1) is 9.53. The second-order valence-electron chi connectivity index (χ2n) is 6.78. The minimum absolute atomic E-state index is 0.0951. The van der Waals surface area contributed by atoms with E-state index >= 15 is 0 Å². The molecule has 112 valence electrons. The highest BCUT2D eigenvalue weighted by molar-refractivity contribution is 5.11. The zero-order valence-corrected chi connectivity index (χ0v) is 13.0. The summed E-state index contributed by atoms with van der Waals surface area (Å²) in [5.41, 5.74) is 1.04. The third-order valence-electron chi connectivity index (χ3n) is 3.69. The van der Waals surface area contributed by atoms with Gasteiger partial charge >= 0.3 is 0 Å². The molecule has 0 spiro atoms. The van der Waals surface area contributed by atoms with Gasteiger partial charge in [0.05, 0.1) is 12.3 Å². The van der Waals surface area contributed by atoms with Crippen molar-refractivity contribution in [3.63, 3.8) is 0 Å². The first-order valence-electron chi connectivity index (χ1n) is 7.73. The van der Waals surface area contributed by atoms with Gasteiger partial charge in [0, 0.05) is 18.2 Å². The first kappa shape index (κ1) is 15.2. The molecule has 0 atom stereocenters. The molecule has 0 amide bonds. The van der Waals surface area contributed by atoms with E-state index in [0.29, 0.717) is 11.8 Å². The molecule has 4 nitrogen and oxygen atoms in total. The van der Waals surface area contributed by atoms with Crippen LogP contribution < -0.4 is 10.1 Å². The monoisotopic (exact) mass is 277 g/mol. The van der Waals surface area contributed by atoms with Gasteiger partial charge < -0.3 is 10.1 Å². The normalized spacial score (nSPS) is 17.1. The molecule has 1 N–H and O–H groups in total. The fourth-order valence-corrected chi connectivity index (χ4v) is 2.43. The van der Waals surface area contributed by atoms with Crippen LogP contribution in [0.4, 0.5) is 0 Å². The van der Waals surface area contributed by atoms with Crippen molar-refractivity contribution in [2.45, 2.75) is 65.0 Å². The van der Waals surface area contributed by atoms with Gasteiger partial charge in [0.1, 0.15) is 0 Å². The summed E-state index contributed by atoms with van der Waals surface area (Å²) in [4.78, 5) is 0. The fourth-order valence-electron chi connectivity index (χ4n) is 2.43. The Morgan fingerprint density at radius 3 is 2.50 bits per heavy atom. The fraction of sp³-hybridized carbons (Fsp3) is 0.750. The summed E-state index contributed by atoms with van der Waals surface area (Å²) in [7, 11) is 0. The van der Waals surface area contributed by atoms with Crippen molar-refractivity contribution in [3.05, 3.63) is 17.8 Å². The SMILES string of the molecule is CC(C)(C)NCc1ccc(OCC2CCCCC2)nn1. The maximum Gasteiger partial charge on any atom is 0.233 e. The lowest BCUT2D eigenvalue weighted by Crippen LogP contribution is -2.35. The molecule has 1 aliphatic rings. The van der Waals surface area contributed by atoms with Crippen molar-refractivity contribution in [2.75, 3.05) is 6.61 Å². The van der Waals surface area contributed by atoms with Crippen LogP contribution in [0.1, 0.15) is 58.6 Å². The van der Waals surface area contributed by atoms with E-state index in [2.05, 4.69) is 36.3 Å². The predicted octanol–water partition coefficient (Wildman–Crippen LogP) is 3.32. The predicted molar refractivity (Wildman–Crippen MR) is 80.7 cm³/mol. The Balaban J connectivity index is 1.76. The van der Waals surface area contributed by atoms with E-state index in [0.717, 1.165) is 18.8 Å². The molecule has 0 bridgehead atoms. The van der Waals surface area contributed by atoms with Gasteiger partial charge in [-0.05, 0) is 45.6 Å². The average Bonchev–Trinajstić information content (AvgIpc) is 2.44. The molecule has 1 heterocycles. The van der Waals surface area contributed by atoms with Crippen LogP contribution >= 0.6 is 0 Å². The zero-order valence-electron chi connectivity index (χ0n) is 13.0. The summed E-state index contributed by atoms with van der Waals surface area (Å²) >= 11 is 0. The van der Waals surface area contributed by atoms with E-state index in [1.807, 2.05) is 12.1 Å². The van der Waals surface area contributed by atoms with Crippen molar-refractivity contribution >= 4 is 0 Å². The quantitative estimate of drug-likeness (QED) is 0.897. The molecule has 1 fully saturated rings. The third kappa shape index (κ3) is 5.45. The number of rotatable bonds is 5. The molecule has 0 aliphatic heterocycles. The molecule has 20 heavy (non-hydrogen) atoms. The summed E-state index contributed by atoms with van der Waals surface area (Å²) in [6.07, 6.45) is 6.65. The Morgan fingerprint density at radius 1 is 1.15 bits per heavy atom. The van der Waals surface area contributed by atoms with E-state index in [9.17, 15) is 0 Å². The largest absolute Gasteiger partial charge is 0.476 e. The number of nitrogens with one attached hydrogen (secondary N) is 1. The number of ether oxygens (including phenoxy) is 1. The lowest BCUT2D eigenvalue weighted by atomic mass is 9.90. The van der Waals surface area contributed by atoms with Crippen LogP contribution in [0.25, 0.3) is 0 Å². The maximum absolute atomic E-state index is 5.75. The van der Waals surface area contributed by atoms with E-state index in [4.69, 9.17) is 4.74 Å². The highest BCUT2D eigenvalue weighted by Gasteiger charge is 2.14. The van der Waals surface area contributed by atoms with E-state index < -0.39 is 0 Å². The van der Waals surface area contributed by atoms with Crippen molar-refractivity contribution in [3.8, 4) is 5.88 Å². The Bertz CT molecular complexity index is 391. The van der Waals surface area contributed by atoms with E-state index in [1.165, 1.54) is 32.1 Å². The molecule has 0 saturated heterocycles. The molecule has 1 aromatic heterocycles. The Morgan fingerprint density at radius 2 is 1.90 bits per heavy atom. The molecule has 4 heteroatoms. The summed E-state index contributed by atoms with van der Waals surface area (Å²) < 4.78 is 5.75. The summed E-state index contributed by atoms with van der Waals surface area (Å²) in [6, 6.07) is 3.91. The van der Waals surface area contributed by atoms with Gasteiger partial charge in [-0.25, -0.2) is 0 Å². The van der Waals surface area contributed by atoms with Crippen molar-refractivity contribution in [2.24, 2.45) is 5.92 Å². The van der Waals surface area contributed by atoms with Gasteiger partial charge in [0.25, 0.3) is 0 Å². The Labute approximate surface area is 122 Å². The highest BCUT2D eigenvalue weighted by Crippen LogP contribution is 2.24. The molecule has 1 saturated carbocycles. The molecule has 2 rings (SSSR count). The van der Waals surface area contributed by atoms with Gasteiger partial charge in [-0.15, -0.1) is 5.10 Å². The highest BCUT2D eigenvalue weighted by atomic mass is 16.5. The molecule has 1 aromatic rings. The number of hydrogen-bond acceptors (Lipinski definition) is 4. The van der Waals surface area contributed by atoms with E-state index in [-0.39, 0.29) is 5.54 Å². The molecule has 0 radical (unpaired) electrons. The van der Waals surface area contributed by atoms with Crippen LogP contribution in [-0.4, -0.2) is 22.3 Å². The van der Waals surface area contributed by atoms with Gasteiger partial charge in [-0.3, -0.25) is 0 Å². The molecular formula is C16H27N3O. The zero-order chi connectivity index (χ0) is 14.4. The lowest BCUT2D eigenvalue weighted by Gasteiger charge is -2.21. The maximum atomic E-state index is 5.75. The summed E-state index contributed by atoms with van der Waals surface area (Å²) in [6.45, 7) is 7.94. The van der Waals surface area contributed by atoms with Crippen molar-refractivity contribution in [1.82, 2.24) is 15.5 Å². The van der Waals surface area contributed by atoms with Crippen LogP contribution in [0, 0.1) is 5.92 Å². The minimum atomic E-state index is 0.0951. The van der Waals surface area contributed by atoms with Crippen LogP contribution in [0.2, 0.25) is 0 Å². The number of aromatic nitrogens is 2. The van der Waals surface area contributed by atoms with Crippen molar-refractivity contribution < 1.29 is 4.74 Å². The lowest BCUT2D eigenvalue weighted by molar-refractivity contribution is 0.201. The summed E-state index contributed by atoms with van der Waals surface area (Å²) in [5.74, 6) is 1.35. The molecular weight excluding hydrogens is 250 g/mol. The van der Waals surface area contributed by atoms with Crippen LogP contribution in [0.5, 0.6) is 5.88 Å². The van der Waals surface area contributed by atoms with Crippen LogP contribution in [0.15, 0.2) is 12.1 Å². The van der Waals surface area contributed by atoms with Gasteiger partial charge in [0.2, 0.25) is 5.88 Å². The van der Waals surface area contributed by atoms with Crippen molar-refractivity contribution in [1.29, 1.82) is 0 Å². The Kier molecular flexibility index (Phi) is 5.35. The second-order valence-corrected chi connectivity index (χ2v) is 6.78. The van der Waals surface area contributed by atoms with Crippen LogP contribution in [-0.2, 0) is 6.54 Å². The van der Waals surface area contributed by atoms with Crippen LogP contribution in [0.3, 0.4) is 0 Å². The number of hydrogen-bond donors (Lipinski definition) is 1. The Hall–Kier alpha value is -1.16. The smallest absolute Gasteiger partial charge is 0.233 e. The summed E-state index contributed by atoms with van der Waals surface area (Å²) in [5, 5.41) is 11.8. The number of nitrogens with zero attached hydrogens (tertiary/aromatic N) is 2. The topological polar surface area (TPSA) is 47.0 Å². The molecule has 0 unspecified atom stereocenters.